The molecule has 1 saturated heterocycles. The highest BCUT2D eigenvalue weighted by Gasteiger charge is 2.39. The SMILES string of the molecule is CCC(C)(C(NC)c1ccc(Cl)cc1F)N1CCCCC1. The number of halogens is 2. The first kappa shape index (κ1) is 16.7. The van der Waals surface area contributed by atoms with Crippen molar-refractivity contribution in [3.8, 4) is 0 Å². The second kappa shape index (κ2) is 7.08. The Morgan fingerprint density at radius 1 is 1.33 bits per heavy atom. The Morgan fingerprint density at radius 3 is 2.52 bits per heavy atom. The molecular weight excluding hydrogens is 287 g/mol. The van der Waals surface area contributed by atoms with Crippen molar-refractivity contribution >= 4 is 11.6 Å². The van der Waals surface area contributed by atoms with Gasteiger partial charge in [0.05, 0.1) is 6.04 Å². The van der Waals surface area contributed by atoms with Gasteiger partial charge in [-0.2, -0.15) is 0 Å². The van der Waals surface area contributed by atoms with Gasteiger partial charge in [0.15, 0.2) is 0 Å². The third-order valence-corrected chi connectivity index (χ3v) is 5.21. The van der Waals surface area contributed by atoms with Crippen LogP contribution in [0, 0.1) is 5.82 Å². The average Bonchev–Trinajstić information content (AvgIpc) is 2.50. The first-order valence-electron chi connectivity index (χ1n) is 7.90. The van der Waals surface area contributed by atoms with Crippen molar-refractivity contribution in [3.05, 3.63) is 34.6 Å². The molecule has 2 nitrogen and oxygen atoms in total. The van der Waals surface area contributed by atoms with E-state index in [2.05, 4.69) is 24.1 Å². The molecule has 0 radical (unpaired) electrons. The topological polar surface area (TPSA) is 15.3 Å². The van der Waals surface area contributed by atoms with E-state index in [0.717, 1.165) is 19.5 Å². The lowest BCUT2D eigenvalue weighted by Crippen LogP contribution is -2.55. The highest BCUT2D eigenvalue weighted by atomic mass is 35.5. The van der Waals surface area contributed by atoms with Crippen LogP contribution in [0.5, 0.6) is 0 Å². The maximum atomic E-state index is 14.4. The minimum absolute atomic E-state index is 0.0436. The van der Waals surface area contributed by atoms with Crippen LogP contribution in [0.1, 0.15) is 51.1 Å². The first-order chi connectivity index (χ1) is 10.0. The standard InChI is InChI=1S/C17H26ClFN2/c1-4-17(2,21-10-6-5-7-11-21)16(20-3)14-9-8-13(18)12-15(14)19/h8-9,12,16,20H,4-7,10-11H2,1-3H3. The zero-order valence-corrected chi connectivity index (χ0v) is 14.0. The summed E-state index contributed by atoms with van der Waals surface area (Å²) in [5.74, 6) is -0.224. The van der Waals surface area contributed by atoms with Gasteiger partial charge in [-0.05, 0) is 58.5 Å². The summed E-state index contributed by atoms with van der Waals surface area (Å²) in [6.45, 7) is 6.62. The fourth-order valence-corrected chi connectivity index (χ4v) is 3.71. The van der Waals surface area contributed by atoms with Crippen molar-refractivity contribution in [1.82, 2.24) is 10.2 Å². The van der Waals surface area contributed by atoms with Crippen molar-refractivity contribution in [1.29, 1.82) is 0 Å². The van der Waals surface area contributed by atoms with Gasteiger partial charge in [0.25, 0.3) is 0 Å². The van der Waals surface area contributed by atoms with Gasteiger partial charge in [-0.25, -0.2) is 4.39 Å². The molecular formula is C17H26ClFN2. The van der Waals surface area contributed by atoms with E-state index in [4.69, 9.17) is 11.6 Å². The van der Waals surface area contributed by atoms with E-state index < -0.39 is 0 Å². The van der Waals surface area contributed by atoms with Crippen molar-refractivity contribution in [3.63, 3.8) is 0 Å². The van der Waals surface area contributed by atoms with Crippen LogP contribution in [0.25, 0.3) is 0 Å². The van der Waals surface area contributed by atoms with E-state index in [1.165, 1.54) is 25.3 Å². The molecule has 2 rings (SSSR count). The smallest absolute Gasteiger partial charge is 0.129 e. The monoisotopic (exact) mass is 312 g/mol. The number of nitrogens with one attached hydrogen (secondary N) is 1. The molecule has 0 saturated carbocycles. The van der Waals surface area contributed by atoms with Gasteiger partial charge in [0.2, 0.25) is 0 Å². The van der Waals surface area contributed by atoms with Crippen LogP contribution in [0.15, 0.2) is 18.2 Å². The molecule has 4 heteroatoms. The Hall–Kier alpha value is -0.640. The quantitative estimate of drug-likeness (QED) is 0.867. The maximum Gasteiger partial charge on any atom is 0.129 e. The van der Waals surface area contributed by atoms with Gasteiger partial charge < -0.3 is 5.32 Å². The summed E-state index contributed by atoms with van der Waals surface area (Å²) in [5.41, 5.74) is 0.612. The largest absolute Gasteiger partial charge is 0.311 e. The Morgan fingerprint density at radius 2 is 2.00 bits per heavy atom. The molecule has 1 aliphatic heterocycles. The van der Waals surface area contributed by atoms with Gasteiger partial charge >= 0.3 is 0 Å². The summed E-state index contributed by atoms with van der Waals surface area (Å²) in [5, 5.41) is 3.79. The molecule has 1 heterocycles. The van der Waals surface area contributed by atoms with Gasteiger partial charge in [0.1, 0.15) is 5.82 Å². The van der Waals surface area contributed by atoms with Gasteiger partial charge in [-0.3, -0.25) is 4.90 Å². The van der Waals surface area contributed by atoms with Crippen LogP contribution in [0.3, 0.4) is 0 Å². The number of piperidine rings is 1. The maximum absolute atomic E-state index is 14.4. The highest BCUT2D eigenvalue weighted by molar-refractivity contribution is 6.30. The van der Waals surface area contributed by atoms with E-state index in [1.807, 2.05) is 13.1 Å². The highest BCUT2D eigenvalue weighted by Crippen LogP contribution is 2.37. The fraction of sp³-hybridized carbons (Fsp3) is 0.647. The molecule has 118 valence electrons. The zero-order chi connectivity index (χ0) is 15.5. The van der Waals surface area contributed by atoms with E-state index in [9.17, 15) is 4.39 Å². The Bertz CT molecular complexity index is 474. The second-order valence-electron chi connectivity index (χ2n) is 6.15. The number of hydrogen-bond donors (Lipinski definition) is 1. The molecule has 1 aromatic rings. The van der Waals surface area contributed by atoms with Crippen LogP contribution in [-0.2, 0) is 0 Å². The zero-order valence-electron chi connectivity index (χ0n) is 13.3. The summed E-state index contributed by atoms with van der Waals surface area (Å²) in [7, 11) is 1.91. The van der Waals surface area contributed by atoms with Gasteiger partial charge in [-0.15, -0.1) is 0 Å². The van der Waals surface area contributed by atoms with Crippen LogP contribution in [0.2, 0.25) is 5.02 Å². The number of hydrogen-bond acceptors (Lipinski definition) is 2. The molecule has 2 atom stereocenters. The minimum Gasteiger partial charge on any atom is -0.311 e. The fourth-order valence-electron chi connectivity index (χ4n) is 3.55. The molecule has 1 aromatic carbocycles. The van der Waals surface area contributed by atoms with E-state index in [0.29, 0.717) is 10.6 Å². The average molecular weight is 313 g/mol. The summed E-state index contributed by atoms with van der Waals surface area (Å²) in [4.78, 5) is 2.52. The molecule has 1 aliphatic rings. The predicted octanol–water partition coefficient (Wildman–Crippen LogP) is 4.39. The van der Waals surface area contributed by atoms with Crippen LogP contribution in [-0.4, -0.2) is 30.6 Å². The van der Waals surface area contributed by atoms with E-state index in [-0.39, 0.29) is 17.4 Å². The molecule has 1 fully saturated rings. The first-order valence-corrected chi connectivity index (χ1v) is 8.28. The molecule has 21 heavy (non-hydrogen) atoms. The lowest BCUT2D eigenvalue weighted by molar-refractivity contribution is 0.0437. The second-order valence-corrected chi connectivity index (χ2v) is 6.58. The van der Waals surface area contributed by atoms with Crippen LogP contribution in [0.4, 0.5) is 4.39 Å². The third kappa shape index (κ3) is 3.41. The summed E-state index contributed by atoms with van der Waals surface area (Å²) in [6, 6.07) is 4.96. The number of rotatable bonds is 5. The number of likely N-dealkylation sites (tertiary alicyclic amines) is 1. The normalized spacial score (nSPS) is 21.0. The van der Waals surface area contributed by atoms with Gasteiger partial charge in [0, 0.05) is 16.1 Å². The van der Waals surface area contributed by atoms with Crippen molar-refractivity contribution in [2.75, 3.05) is 20.1 Å². The van der Waals surface area contributed by atoms with E-state index >= 15 is 0 Å². The Kier molecular flexibility index (Phi) is 5.64. The molecule has 0 spiro atoms. The Labute approximate surface area is 132 Å². The number of benzene rings is 1. The summed E-state index contributed by atoms with van der Waals surface area (Å²) in [6.07, 6.45) is 4.74. The van der Waals surface area contributed by atoms with Crippen molar-refractivity contribution in [2.45, 2.75) is 51.1 Å². The summed E-state index contributed by atoms with van der Waals surface area (Å²) < 4.78 is 14.4. The van der Waals surface area contributed by atoms with Crippen LogP contribution < -0.4 is 5.32 Å². The Balaban J connectivity index is 2.35. The molecule has 0 amide bonds. The van der Waals surface area contributed by atoms with Crippen LogP contribution >= 0.6 is 11.6 Å². The summed E-state index contributed by atoms with van der Waals surface area (Å²) >= 11 is 5.89. The lowest BCUT2D eigenvalue weighted by Gasteiger charge is -2.48. The molecule has 2 unspecified atom stereocenters. The molecule has 1 N–H and O–H groups in total. The molecule has 0 aromatic heterocycles. The molecule has 0 aliphatic carbocycles. The van der Waals surface area contributed by atoms with Crippen molar-refractivity contribution in [2.24, 2.45) is 0 Å². The molecule has 0 bridgehead atoms. The van der Waals surface area contributed by atoms with Crippen molar-refractivity contribution < 1.29 is 4.39 Å². The predicted molar refractivity (Wildman–Crippen MR) is 87.3 cm³/mol. The van der Waals surface area contributed by atoms with Gasteiger partial charge in [-0.1, -0.05) is 31.0 Å². The minimum atomic E-state index is -0.224. The lowest BCUT2D eigenvalue weighted by atomic mass is 9.81. The number of likely N-dealkylation sites (N-methyl/N-ethyl adjacent to an activating group) is 1. The van der Waals surface area contributed by atoms with E-state index in [1.54, 1.807) is 6.07 Å². The third-order valence-electron chi connectivity index (χ3n) is 4.98. The number of nitrogens with zero attached hydrogens (tertiary/aromatic N) is 1.